The molecule has 0 spiro atoms. The number of rotatable bonds is 4. The smallest absolute Gasteiger partial charge is 0.412 e. The van der Waals surface area contributed by atoms with Crippen molar-refractivity contribution in [2.75, 3.05) is 19.5 Å². The molecule has 120 valence electrons. The number of hydrogen-bond donors (Lipinski definition) is 1. The molecule has 1 aromatic heterocycles. The highest BCUT2D eigenvalue weighted by atomic mass is 16.6. The van der Waals surface area contributed by atoms with Gasteiger partial charge < -0.3 is 14.2 Å². The third-order valence-corrected chi connectivity index (χ3v) is 2.36. The Bertz CT molecular complexity index is 576. The minimum Gasteiger partial charge on any atom is -0.481 e. The van der Waals surface area contributed by atoms with Crippen molar-refractivity contribution in [3.05, 3.63) is 23.9 Å². The first kappa shape index (κ1) is 17.5. The highest BCUT2D eigenvalue weighted by Crippen LogP contribution is 2.21. The number of carbonyl (C=O) groups is 2. The van der Waals surface area contributed by atoms with Crippen molar-refractivity contribution in [3.63, 3.8) is 0 Å². The average Bonchev–Trinajstić information content (AvgIpc) is 2.43. The number of amides is 1. The summed E-state index contributed by atoms with van der Waals surface area (Å²) < 4.78 is 14.7. The molecular formula is C15H20N2O5. The Labute approximate surface area is 129 Å². The summed E-state index contributed by atoms with van der Waals surface area (Å²) in [5.41, 5.74) is 0.296. The van der Waals surface area contributed by atoms with E-state index in [1.54, 1.807) is 26.8 Å². The van der Waals surface area contributed by atoms with Gasteiger partial charge in [-0.1, -0.05) is 0 Å². The lowest BCUT2D eigenvalue weighted by atomic mass is 10.2. The summed E-state index contributed by atoms with van der Waals surface area (Å²) in [5, 5.41) is 2.58. The molecule has 22 heavy (non-hydrogen) atoms. The van der Waals surface area contributed by atoms with Crippen molar-refractivity contribution in [2.24, 2.45) is 0 Å². The Hall–Kier alpha value is -2.57. The maximum Gasteiger partial charge on any atom is 0.412 e. The van der Waals surface area contributed by atoms with Crippen molar-refractivity contribution in [2.45, 2.75) is 26.4 Å². The monoisotopic (exact) mass is 308 g/mol. The van der Waals surface area contributed by atoms with Gasteiger partial charge in [0.25, 0.3) is 0 Å². The van der Waals surface area contributed by atoms with Crippen LogP contribution in [0.2, 0.25) is 0 Å². The first-order chi connectivity index (χ1) is 10.2. The van der Waals surface area contributed by atoms with E-state index in [4.69, 9.17) is 9.47 Å². The van der Waals surface area contributed by atoms with E-state index >= 15 is 0 Å². The molecule has 1 aromatic rings. The molecule has 7 nitrogen and oxygen atoms in total. The molecule has 0 fully saturated rings. The van der Waals surface area contributed by atoms with Gasteiger partial charge in [-0.3, -0.25) is 5.32 Å². The van der Waals surface area contributed by atoms with E-state index in [1.807, 2.05) is 0 Å². The summed E-state index contributed by atoms with van der Waals surface area (Å²) in [7, 11) is 2.75. The molecule has 0 aromatic carbocycles. The first-order valence-electron chi connectivity index (χ1n) is 6.55. The van der Waals surface area contributed by atoms with Crippen LogP contribution >= 0.6 is 0 Å². The van der Waals surface area contributed by atoms with Gasteiger partial charge in [-0.05, 0) is 26.8 Å². The Morgan fingerprint density at radius 2 is 1.95 bits per heavy atom. The Kier molecular flexibility index (Phi) is 5.91. The predicted octanol–water partition coefficient (Wildman–Crippen LogP) is 2.62. The summed E-state index contributed by atoms with van der Waals surface area (Å²) >= 11 is 0. The average molecular weight is 308 g/mol. The number of ether oxygens (including phenoxy) is 3. The largest absolute Gasteiger partial charge is 0.481 e. The number of methoxy groups -OCH3 is 2. The summed E-state index contributed by atoms with van der Waals surface area (Å²) in [6, 6.07) is 1.58. The molecule has 1 rings (SSSR count). The second-order valence-corrected chi connectivity index (χ2v) is 5.30. The molecule has 0 saturated heterocycles. The second kappa shape index (κ2) is 7.44. The van der Waals surface area contributed by atoms with Gasteiger partial charge in [0.2, 0.25) is 5.88 Å². The topological polar surface area (TPSA) is 86.8 Å². The molecule has 1 heterocycles. The fraction of sp³-hybridized carbons (Fsp3) is 0.400. The Balaban J connectivity index is 3.00. The number of nitrogens with one attached hydrogen (secondary N) is 1. The zero-order chi connectivity index (χ0) is 16.8. The Morgan fingerprint density at radius 1 is 1.27 bits per heavy atom. The zero-order valence-electron chi connectivity index (χ0n) is 13.3. The molecule has 7 heteroatoms. The molecule has 0 aliphatic heterocycles. The molecule has 1 amide bonds. The molecule has 0 aliphatic rings. The second-order valence-electron chi connectivity index (χ2n) is 5.30. The SMILES string of the molecule is COC(=O)C=Cc1cc(OC)ncc1NC(=O)OC(C)(C)C. The van der Waals surface area contributed by atoms with Crippen LogP contribution in [0, 0.1) is 0 Å². The van der Waals surface area contributed by atoms with E-state index in [0.29, 0.717) is 17.1 Å². The van der Waals surface area contributed by atoms with E-state index in [-0.39, 0.29) is 0 Å². The molecule has 0 unspecified atom stereocenters. The van der Waals surface area contributed by atoms with Gasteiger partial charge in [-0.2, -0.15) is 0 Å². The van der Waals surface area contributed by atoms with Gasteiger partial charge in [0.05, 0.1) is 26.1 Å². The minimum atomic E-state index is -0.619. The molecule has 0 bridgehead atoms. The fourth-order valence-electron chi connectivity index (χ4n) is 1.44. The number of hydrogen-bond acceptors (Lipinski definition) is 6. The van der Waals surface area contributed by atoms with Crippen molar-refractivity contribution >= 4 is 23.8 Å². The van der Waals surface area contributed by atoms with Crippen LogP contribution in [-0.4, -0.2) is 36.9 Å². The highest BCUT2D eigenvalue weighted by Gasteiger charge is 2.17. The van der Waals surface area contributed by atoms with E-state index < -0.39 is 17.7 Å². The number of carbonyl (C=O) groups excluding carboxylic acids is 2. The lowest BCUT2D eigenvalue weighted by molar-refractivity contribution is -0.134. The van der Waals surface area contributed by atoms with Crippen molar-refractivity contribution in [3.8, 4) is 5.88 Å². The molecular weight excluding hydrogens is 288 g/mol. The molecule has 0 atom stereocenters. The normalized spacial score (nSPS) is 11.1. The third kappa shape index (κ3) is 5.82. The van der Waals surface area contributed by atoms with Gasteiger partial charge in [0, 0.05) is 17.7 Å². The van der Waals surface area contributed by atoms with Crippen LogP contribution < -0.4 is 10.1 Å². The summed E-state index contributed by atoms with van der Waals surface area (Å²) in [4.78, 5) is 27.0. The quantitative estimate of drug-likeness (QED) is 0.679. The molecule has 1 N–H and O–H groups in total. The van der Waals surface area contributed by atoms with E-state index in [2.05, 4.69) is 15.0 Å². The lowest BCUT2D eigenvalue weighted by Gasteiger charge is -2.20. The van der Waals surface area contributed by atoms with Crippen LogP contribution in [0.3, 0.4) is 0 Å². The molecule has 0 aliphatic carbocycles. The number of pyridine rings is 1. The summed E-state index contributed by atoms with van der Waals surface area (Å²) in [6.07, 6.45) is 3.52. The fourth-order valence-corrected chi connectivity index (χ4v) is 1.44. The standard InChI is InChI=1S/C15H20N2O5/c1-15(2,3)22-14(19)17-11-9-16-12(20-4)8-10(11)6-7-13(18)21-5/h6-9H,1-5H3,(H,17,19). The minimum absolute atomic E-state index is 0.347. The first-order valence-corrected chi connectivity index (χ1v) is 6.55. The predicted molar refractivity (Wildman–Crippen MR) is 81.7 cm³/mol. The Morgan fingerprint density at radius 3 is 2.50 bits per heavy atom. The highest BCUT2D eigenvalue weighted by molar-refractivity contribution is 5.91. The van der Waals surface area contributed by atoms with Gasteiger partial charge in [-0.15, -0.1) is 0 Å². The van der Waals surface area contributed by atoms with Crippen LogP contribution in [-0.2, 0) is 14.3 Å². The van der Waals surface area contributed by atoms with Gasteiger partial charge >= 0.3 is 12.1 Å². The van der Waals surface area contributed by atoms with Gasteiger partial charge in [-0.25, -0.2) is 14.6 Å². The van der Waals surface area contributed by atoms with Gasteiger partial charge in [0.15, 0.2) is 0 Å². The maximum absolute atomic E-state index is 11.8. The number of aromatic nitrogens is 1. The van der Waals surface area contributed by atoms with Crippen LogP contribution in [0.5, 0.6) is 5.88 Å². The molecule has 0 saturated carbocycles. The number of nitrogens with zero attached hydrogens (tertiary/aromatic N) is 1. The number of anilines is 1. The van der Waals surface area contributed by atoms with E-state index in [1.165, 1.54) is 32.6 Å². The van der Waals surface area contributed by atoms with E-state index in [0.717, 1.165) is 0 Å². The van der Waals surface area contributed by atoms with Crippen molar-refractivity contribution in [1.29, 1.82) is 0 Å². The van der Waals surface area contributed by atoms with Crippen molar-refractivity contribution < 1.29 is 23.8 Å². The van der Waals surface area contributed by atoms with Gasteiger partial charge in [0.1, 0.15) is 5.60 Å². The van der Waals surface area contributed by atoms with Crippen LogP contribution in [0.1, 0.15) is 26.3 Å². The summed E-state index contributed by atoms with van der Waals surface area (Å²) in [6.45, 7) is 5.28. The third-order valence-electron chi connectivity index (χ3n) is 2.36. The number of esters is 1. The van der Waals surface area contributed by atoms with Crippen LogP contribution in [0.4, 0.5) is 10.5 Å². The molecule has 0 radical (unpaired) electrons. The van der Waals surface area contributed by atoms with E-state index in [9.17, 15) is 9.59 Å². The van der Waals surface area contributed by atoms with Crippen LogP contribution in [0.15, 0.2) is 18.3 Å². The van der Waals surface area contributed by atoms with Crippen LogP contribution in [0.25, 0.3) is 6.08 Å². The zero-order valence-corrected chi connectivity index (χ0v) is 13.3. The summed E-state index contributed by atoms with van der Waals surface area (Å²) in [5.74, 6) is -0.168. The lowest BCUT2D eigenvalue weighted by Crippen LogP contribution is -2.27. The maximum atomic E-state index is 11.8. The van der Waals surface area contributed by atoms with Crippen molar-refractivity contribution in [1.82, 2.24) is 4.98 Å².